The average molecular weight is 284 g/mol. The topological polar surface area (TPSA) is 26.2 Å². The Morgan fingerprint density at radius 1 is 1.29 bits per heavy atom. The molecule has 1 N–H and O–H groups in total. The summed E-state index contributed by atoms with van der Waals surface area (Å²) in [5, 5.41) is 3.44. The molecule has 0 saturated heterocycles. The van der Waals surface area contributed by atoms with Crippen LogP contribution in [0.2, 0.25) is 0 Å². The zero-order valence-corrected chi connectivity index (χ0v) is 12.7. The van der Waals surface area contributed by atoms with Crippen molar-refractivity contribution in [1.29, 1.82) is 0 Å². The number of fused-ring (bicyclic) bond motifs is 1. The van der Waals surface area contributed by atoms with Crippen LogP contribution in [0.15, 0.2) is 42.7 Å². The van der Waals surface area contributed by atoms with Gasteiger partial charge in [-0.25, -0.2) is 0 Å². The van der Waals surface area contributed by atoms with Crippen molar-refractivity contribution in [3.05, 3.63) is 59.4 Å². The zero-order chi connectivity index (χ0) is 14.5. The molecule has 1 aliphatic rings. The van der Waals surface area contributed by atoms with Crippen molar-refractivity contribution in [1.82, 2.24) is 9.88 Å². The molecule has 0 fully saturated rings. The second-order valence-electron chi connectivity index (χ2n) is 5.70. The van der Waals surface area contributed by atoms with Gasteiger partial charge in [0.2, 0.25) is 0 Å². The fourth-order valence-corrected chi connectivity index (χ4v) is 2.94. The maximum atomic E-state index is 5.98. The first-order valence-electron chi connectivity index (χ1n) is 7.91. The monoisotopic (exact) mass is 284 g/mol. The van der Waals surface area contributed by atoms with E-state index in [1.54, 1.807) is 0 Å². The lowest BCUT2D eigenvalue weighted by atomic mass is 9.97. The highest BCUT2D eigenvalue weighted by Gasteiger charge is 2.20. The Morgan fingerprint density at radius 3 is 3.10 bits per heavy atom. The lowest BCUT2D eigenvalue weighted by Crippen LogP contribution is -2.20. The standard InChI is InChI=1S/C18H24N2O/c1-2-9-19-12-15-7-10-20(13-15)14-18-17-6-4-3-5-16(17)8-11-21-18/h3-7,10,13,18-19H,2,8-9,11-12,14H2,1H3. The van der Waals surface area contributed by atoms with E-state index in [1.165, 1.54) is 23.1 Å². The summed E-state index contributed by atoms with van der Waals surface area (Å²) in [6, 6.07) is 10.8. The summed E-state index contributed by atoms with van der Waals surface area (Å²) in [5.74, 6) is 0. The first-order chi connectivity index (χ1) is 10.4. The Balaban J connectivity index is 1.65. The number of benzene rings is 1. The Morgan fingerprint density at radius 2 is 2.19 bits per heavy atom. The molecule has 3 heteroatoms. The molecule has 0 bridgehead atoms. The lowest BCUT2D eigenvalue weighted by molar-refractivity contribution is 0.0306. The number of hydrogen-bond acceptors (Lipinski definition) is 2. The first kappa shape index (κ1) is 14.4. The lowest BCUT2D eigenvalue weighted by Gasteiger charge is -2.26. The van der Waals surface area contributed by atoms with Gasteiger partial charge in [-0.3, -0.25) is 0 Å². The van der Waals surface area contributed by atoms with E-state index in [-0.39, 0.29) is 6.10 Å². The largest absolute Gasteiger partial charge is 0.371 e. The molecule has 1 aromatic heterocycles. The molecule has 112 valence electrons. The number of ether oxygens (including phenoxy) is 1. The van der Waals surface area contributed by atoms with Crippen LogP contribution in [0.5, 0.6) is 0 Å². The molecule has 2 heterocycles. The van der Waals surface area contributed by atoms with Gasteiger partial charge in [0, 0.05) is 18.9 Å². The Kier molecular flexibility index (Phi) is 4.73. The minimum atomic E-state index is 0.179. The number of nitrogens with one attached hydrogen (secondary N) is 1. The van der Waals surface area contributed by atoms with E-state index in [0.717, 1.165) is 32.7 Å². The minimum absolute atomic E-state index is 0.179. The predicted octanol–water partition coefficient (Wildman–Crippen LogP) is 3.30. The van der Waals surface area contributed by atoms with E-state index in [1.807, 2.05) is 0 Å². The third kappa shape index (κ3) is 3.55. The van der Waals surface area contributed by atoms with Crippen LogP contribution in [0.3, 0.4) is 0 Å². The van der Waals surface area contributed by atoms with Crippen molar-refractivity contribution in [2.24, 2.45) is 0 Å². The van der Waals surface area contributed by atoms with Crippen LogP contribution in [-0.4, -0.2) is 17.7 Å². The molecule has 1 aliphatic heterocycles. The van der Waals surface area contributed by atoms with Crippen LogP contribution in [0, 0.1) is 0 Å². The van der Waals surface area contributed by atoms with Crippen LogP contribution in [0.4, 0.5) is 0 Å². The van der Waals surface area contributed by atoms with Crippen molar-refractivity contribution in [2.45, 2.75) is 39.0 Å². The maximum absolute atomic E-state index is 5.98. The van der Waals surface area contributed by atoms with E-state index in [4.69, 9.17) is 4.74 Å². The molecule has 0 saturated carbocycles. The third-order valence-corrected chi connectivity index (χ3v) is 4.04. The van der Waals surface area contributed by atoms with E-state index in [9.17, 15) is 0 Å². The van der Waals surface area contributed by atoms with Gasteiger partial charge in [-0.1, -0.05) is 31.2 Å². The van der Waals surface area contributed by atoms with Crippen molar-refractivity contribution in [3.63, 3.8) is 0 Å². The van der Waals surface area contributed by atoms with Crippen LogP contribution < -0.4 is 5.32 Å². The van der Waals surface area contributed by atoms with Gasteiger partial charge in [0.15, 0.2) is 0 Å². The Labute approximate surface area is 126 Å². The SMILES string of the molecule is CCCNCc1ccn(CC2OCCc3ccccc32)c1. The van der Waals surface area contributed by atoms with Crippen LogP contribution in [0.25, 0.3) is 0 Å². The summed E-state index contributed by atoms with van der Waals surface area (Å²) in [4.78, 5) is 0. The van der Waals surface area contributed by atoms with Crippen molar-refractivity contribution in [3.8, 4) is 0 Å². The smallest absolute Gasteiger partial charge is 0.101 e. The van der Waals surface area contributed by atoms with Gasteiger partial charge in [-0.05, 0) is 42.1 Å². The molecule has 1 aromatic carbocycles. The highest BCUT2D eigenvalue weighted by Crippen LogP contribution is 2.28. The van der Waals surface area contributed by atoms with Gasteiger partial charge < -0.3 is 14.6 Å². The predicted molar refractivity (Wildman–Crippen MR) is 85.3 cm³/mol. The van der Waals surface area contributed by atoms with Gasteiger partial charge >= 0.3 is 0 Å². The highest BCUT2D eigenvalue weighted by atomic mass is 16.5. The molecular formula is C18H24N2O. The molecule has 0 aliphatic carbocycles. The van der Waals surface area contributed by atoms with Crippen LogP contribution >= 0.6 is 0 Å². The second-order valence-corrected chi connectivity index (χ2v) is 5.70. The van der Waals surface area contributed by atoms with Gasteiger partial charge in [0.05, 0.1) is 13.2 Å². The molecule has 0 radical (unpaired) electrons. The zero-order valence-electron chi connectivity index (χ0n) is 12.7. The quantitative estimate of drug-likeness (QED) is 0.824. The van der Waals surface area contributed by atoms with Gasteiger partial charge in [-0.2, -0.15) is 0 Å². The molecule has 3 rings (SSSR count). The van der Waals surface area contributed by atoms with Gasteiger partial charge in [0.1, 0.15) is 6.10 Å². The van der Waals surface area contributed by atoms with Crippen molar-refractivity contribution < 1.29 is 4.74 Å². The number of hydrogen-bond donors (Lipinski definition) is 1. The minimum Gasteiger partial charge on any atom is -0.371 e. The summed E-state index contributed by atoms with van der Waals surface area (Å²) in [5.41, 5.74) is 4.13. The summed E-state index contributed by atoms with van der Waals surface area (Å²) >= 11 is 0. The molecule has 0 amide bonds. The van der Waals surface area contributed by atoms with E-state index >= 15 is 0 Å². The molecule has 0 spiro atoms. The number of rotatable bonds is 6. The maximum Gasteiger partial charge on any atom is 0.101 e. The first-order valence-corrected chi connectivity index (χ1v) is 7.91. The van der Waals surface area contributed by atoms with E-state index < -0.39 is 0 Å². The fraction of sp³-hybridized carbons (Fsp3) is 0.444. The van der Waals surface area contributed by atoms with Crippen molar-refractivity contribution >= 4 is 0 Å². The number of nitrogens with zero attached hydrogens (tertiary/aromatic N) is 1. The molecule has 1 unspecified atom stereocenters. The Bertz CT molecular complexity index is 576. The molecule has 1 atom stereocenters. The molecule has 3 nitrogen and oxygen atoms in total. The van der Waals surface area contributed by atoms with E-state index in [0.29, 0.717) is 0 Å². The van der Waals surface area contributed by atoms with Crippen LogP contribution in [-0.2, 0) is 24.2 Å². The summed E-state index contributed by atoms with van der Waals surface area (Å²) in [6.45, 7) is 5.93. The highest BCUT2D eigenvalue weighted by molar-refractivity contribution is 5.31. The van der Waals surface area contributed by atoms with Gasteiger partial charge in [-0.15, -0.1) is 0 Å². The summed E-state index contributed by atoms with van der Waals surface area (Å²) < 4.78 is 8.23. The Hall–Kier alpha value is -1.58. The normalized spacial score (nSPS) is 17.7. The summed E-state index contributed by atoms with van der Waals surface area (Å²) in [6.07, 6.45) is 6.77. The average Bonchev–Trinajstić information content (AvgIpc) is 2.96. The molecule has 21 heavy (non-hydrogen) atoms. The molecule has 2 aromatic rings. The van der Waals surface area contributed by atoms with Crippen molar-refractivity contribution in [2.75, 3.05) is 13.2 Å². The summed E-state index contributed by atoms with van der Waals surface area (Å²) in [7, 11) is 0. The number of aromatic nitrogens is 1. The fourth-order valence-electron chi connectivity index (χ4n) is 2.94. The van der Waals surface area contributed by atoms with E-state index in [2.05, 4.69) is 59.5 Å². The van der Waals surface area contributed by atoms with Crippen LogP contribution in [0.1, 0.15) is 36.1 Å². The molecular weight excluding hydrogens is 260 g/mol. The van der Waals surface area contributed by atoms with Gasteiger partial charge in [0.25, 0.3) is 0 Å². The second kappa shape index (κ2) is 6.92. The third-order valence-electron chi connectivity index (χ3n) is 4.04.